The molecule has 0 aliphatic rings. The van der Waals surface area contributed by atoms with Crippen molar-refractivity contribution in [2.45, 2.75) is 11.1 Å². The number of ether oxygens (including phenoxy) is 1. The maximum absolute atomic E-state index is 12.0. The quantitative estimate of drug-likeness (QED) is 0.806. The van der Waals surface area contributed by atoms with Crippen molar-refractivity contribution in [2.24, 2.45) is 0 Å². The number of nitrogens with zero attached hydrogens (tertiary/aromatic N) is 3. The minimum absolute atomic E-state index is 0.204. The second-order valence-electron chi connectivity index (χ2n) is 3.21. The normalized spacial score (nSPS) is 11.3. The SMILES string of the molecule is COC(=O)c1ncsc1S(=O)(=O)Nc1nnc(C)o1. The number of carbonyl (C=O) groups is 1. The second-order valence-corrected chi connectivity index (χ2v) is 5.94. The molecule has 1 N–H and O–H groups in total. The Morgan fingerprint density at radius 1 is 1.47 bits per heavy atom. The van der Waals surface area contributed by atoms with Crippen LogP contribution >= 0.6 is 11.3 Å². The fourth-order valence-corrected chi connectivity index (χ4v) is 3.22. The van der Waals surface area contributed by atoms with Gasteiger partial charge in [0.05, 0.1) is 12.6 Å². The van der Waals surface area contributed by atoms with Crippen LogP contribution in [0.1, 0.15) is 16.4 Å². The van der Waals surface area contributed by atoms with Crippen molar-refractivity contribution in [1.82, 2.24) is 15.2 Å². The first-order valence-electron chi connectivity index (χ1n) is 4.79. The highest BCUT2D eigenvalue weighted by Gasteiger charge is 2.28. The van der Waals surface area contributed by atoms with E-state index in [2.05, 4.69) is 24.6 Å². The van der Waals surface area contributed by atoms with Gasteiger partial charge in [0.25, 0.3) is 10.0 Å². The Kier molecular flexibility index (Phi) is 3.48. The van der Waals surface area contributed by atoms with E-state index >= 15 is 0 Å². The monoisotopic (exact) mass is 304 g/mol. The highest BCUT2D eigenvalue weighted by molar-refractivity contribution is 7.94. The smallest absolute Gasteiger partial charge is 0.358 e. The van der Waals surface area contributed by atoms with Crippen LogP contribution < -0.4 is 4.72 Å². The van der Waals surface area contributed by atoms with Gasteiger partial charge >= 0.3 is 12.0 Å². The van der Waals surface area contributed by atoms with Crippen LogP contribution in [0.3, 0.4) is 0 Å². The summed E-state index contributed by atoms with van der Waals surface area (Å²) in [5, 5.41) is 6.97. The maximum atomic E-state index is 12.0. The van der Waals surface area contributed by atoms with Crippen molar-refractivity contribution >= 4 is 33.3 Å². The van der Waals surface area contributed by atoms with Crippen LogP contribution in [0.15, 0.2) is 14.1 Å². The molecule has 0 radical (unpaired) electrons. The number of carbonyl (C=O) groups excluding carboxylic acids is 1. The molecular weight excluding hydrogens is 296 g/mol. The van der Waals surface area contributed by atoms with Gasteiger partial charge in [0, 0.05) is 6.92 Å². The Labute approximate surface area is 111 Å². The first-order chi connectivity index (χ1) is 8.94. The Balaban J connectivity index is 2.35. The molecule has 0 aliphatic carbocycles. The third-order valence-corrected chi connectivity index (χ3v) is 4.60. The fourth-order valence-electron chi connectivity index (χ4n) is 1.16. The highest BCUT2D eigenvalue weighted by Crippen LogP contribution is 2.23. The molecule has 0 saturated heterocycles. The molecule has 0 saturated carbocycles. The van der Waals surface area contributed by atoms with Crippen molar-refractivity contribution in [1.29, 1.82) is 0 Å². The molecule has 0 fully saturated rings. The van der Waals surface area contributed by atoms with Crippen LogP contribution in [-0.4, -0.2) is 36.7 Å². The zero-order valence-electron chi connectivity index (χ0n) is 9.78. The predicted octanol–water partition coefficient (Wildman–Crippen LogP) is 0.422. The molecule has 0 aliphatic heterocycles. The number of anilines is 1. The lowest BCUT2D eigenvalue weighted by Gasteiger charge is -2.02. The third-order valence-electron chi connectivity index (χ3n) is 1.91. The van der Waals surface area contributed by atoms with E-state index in [1.165, 1.54) is 12.4 Å². The van der Waals surface area contributed by atoms with E-state index in [1.807, 2.05) is 0 Å². The molecule has 19 heavy (non-hydrogen) atoms. The molecule has 11 heteroatoms. The Morgan fingerprint density at radius 3 is 2.79 bits per heavy atom. The van der Waals surface area contributed by atoms with Crippen molar-refractivity contribution in [3.63, 3.8) is 0 Å². The van der Waals surface area contributed by atoms with E-state index in [0.717, 1.165) is 18.4 Å². The van der Waals surface area contributed by atoms with Crippen molar-refractivity contribution in [2.75, 3.05) is 11.8 Å². The molecule has 102 valence electrons. The summed E-state index contributed by atoms with van der Waals surface area (Å²) >= 11 is 0.774. The summed E-state index contributed by atoms with van der Waals surface area (Å²) in [4.78, 5) is 15.0. The van der Waals surface area contributed by atoms with Crippen molar-refractivity contribution < 1.29 is 22.4 Å². The van der Waals surface area contributed by atoms with Gasteiger partial charge in [-0.05, 0) is 0 Å². The molecule has 0 bridgehead atoms. The number of esters is 1. The molecule has 9 nitrogen and oxygen atoms in total. The summed E-state index contributed by atoms with van der Waals surface area (Å²) in [6.07, 6.45) is 0. The number of sulfonamides is 1. The van der Waals surface area contributed by atoms with E-state index in [0.29, 0.717) is 0 Å². The fraction of sp³-hybridized carbons (Fsp3) is 0.250. The lowest BCUT2D eigenvalue weighted by molar-refractivity contribution is 0.0590. The van der Waals surface area contributed by atoms with E-state index in [-0.39, 0.29) is 21.8 Å². The molecule has 0 spiro atoms. The van der Waals surface area contributed by atoms with Crippen molar-refractivity contribution in [3.05, 3.63) is 17.1 Å². The van der Waals surface area contributed by atoms with Gasteiger partial charge < -0.3 is 9.15 Å². The maximum Gasteiger partial charge on any atom is 0.358 e. The summed E-state index contributed by atoms with van der Waals surface area (Å²) in [6, 6.07) is -0.290. The lowest BCUT2D eigenvalue weighted by atomic mass is 10.5. The Bertz CT molecular complexity index is 704. The summed E-state index contributed by atoms with van der Waals surface area (Å²) in [6.45, 7) is 1.51. The van der Waals surface area contributed by atoms with E-state index in [9.17, 15) is 13.2 Å². The minimum Gasteiger partial charge on any atom is -0.464 e. The van der Waals surface area contributed by atoms with Gasteiger partial charge in [-0.3, -0.25) is 0 Å². The summed E-state index contributed by atoms with van der Waals surface area (Å²) in [5.41, 5.74) is 0.927. The number of hydrogen-bond donors (Lipinski definition) is 1. The van der Waals surface area contributed by atoms with Gasteiger partial charge in [0.15, 0.2) is 9.90 Å². The van der Waals surface area contributed by atoms with Gasteiger partial charge in [-0.2, -0.15) is 0 Å². The molecule has 2 heterocycles. The molecule has 0 unspecified atom stereocenters. The van der Waals surface area contributed by atoms with Gasteiger partial charge in [-0.15, -0.1) is 16.4 Å². The molecular formula is C8H8N4O5S2. The van der Waals surface area contributed by atoms with Gasteiger partial charge in [-0.1, -0.05) is 5.10 Å². The lowest BCUT2D eigenvalue weighted by Crippen LogP contribution is -2.16. The summed E-state index contributed by atoms with van der Waals surface area (Å²) in [7, 11) is -2.90. The molecule has 0 aromatic carbocycles. The number of hydrogen-bond acceptors (Lipinski definition) is 9. The number of aromatic nitrogens is 3. The largest absolute Gasteiger partial charge is 0.464 e. The van der Waals surface area contributed by atoms with Crippen LogP contribution in [0.25, 0.3) is 0 Å². The standard InChI is InChI=1S/C8H8N4O5S2/c1-4-10-11-8(17-4)12-19(14,15)7-5(6(13)16-2)9-3-18-7/h3H,1-2H3,(H,11,12). The number of aryl methyl sites for hydroxylation is 1. The average Bonchev–Trinajstić information content (AvgIpc) is 2.97. The first-order valence-corrected chi connectivity index (χ1v) is 7.15. The summed E-state index contributed by atoms with van der Waals surface area (Å²) < 4.78 is 35.2. The van der Waals surface area contributed by atoms with Crippen LogP contribution in [0, 0.1) is 6.92 Å². The Morgan fingerprint density at radius 2 is 2.21 bits per heavy atom. The molecule has 0 amide bonds. The van der Waals surface area contributed by atoms with Gasteiger partial charge in [-0.25, -0.2) is 22.9 Å². The first kappa shape index (κ1) is 13.4. The zero-order chi connectivity index (χ0) is 14.0. The molecule has 2 aromatic heterocycles. The molecule has 2 aromatic rings. The second kappa shape index (κ2) is 4.93. The molecule has 2 rings (SSSR count). The minimum atomic E-state index is -4.03. The van der Waals surface area contributed by atoms with Crippen LogP contribution in [0.4, 0.5) is 6.01 Å². The van der Waals surface area contributed by atoms with Crippen LogP contribution in [-0.2, 0) is 14.8 Å². The average molecular weight is 304 g/mol. The number of thiazole rings is 1. The topological polar surface area (TPSA) is 124 Å². The van der Waals surface area contributed by atoms with Crippen LogP contribution in [0.2, 0.25) is 0 Å². The van der Waals surface area contributed by atoms with Gasteiger partial charge in [0.2, 0.25) is 5.89 Å². The zero-order valence-corrected chi connectivity index (χ0v) is 11.4. The predicted molar refractivity (Wildman–Crippen MR) is 63.3 cm³/mol. The summed E-state index contributed by atoms with van der Waals surface area (Å²) in [5.74, 6) is -0.640. The van der Waals surface area contributed by atoms with E-state index in [1.54, 1.807) is 0 Å². The number of nitrogens with one attached hydrogen (secondary N) is 1. The van der Waals surface area contributed by atoms with E-state index in [4.69, 9.17) is 4.42 Å². The van der Waals surface area contributed by atoms with E-state index < -0.39 is 16.0 Å². The third kappa shape index (κ3) is 2.71. The Hall–Kier alpha value is -2.01. The highest BCUT2D eigenvalue weighted by atomic mass is 32.2. The number of methoxy groups -OCH3 is 1. The molecule has 0 atom stereocenters. The van der Waals surface area contributed by atoms with Gasteiger partial charge in [0.1, 0.15) is 0 Å². The van der Waals surface area contributed by atoms with Crippen molar-refractivity contribution in [3.8, 4) is 0 Å². The van der Waals surface area contributed by atoms with Crippen LogP contribution in [0.5, 0.6) is 0 Å². The number of rotatable bonds is 4.